The van der Waals surface area contributed by atoms with Gasteiger partial charge in [0.15, 0.2) is 5.69 Å². The second-order valence-electron chi connectivity index (χ2n) is 8.21. The molecule has 2 heterocycles. The van der Waals surface area contributed by atoms with Crippen LogP contribution in [-0.2, 0) is 30.7 Å². The molecule has 2 aliphatic rings. The van der Waals surface area contributed by atoms with Crippen LogP contribution in [-0.4, -0.2) is 46.9 Å². The number of carbonyl (C=O) groups is 1. The van der Waals surface area contributed by atoms with E-state index in [1.54, 1.807) is 0 Å². The summed E-state index contributed by atoms with van der Waals surface area (Å²) in [7, 11) is 0. The van der Waals surface area contributed by atoms with Crippen LogP contribution in [0.15, 0.2) is 54.6 Å². The molecule has 1 N–H and O–H groups in total. The van der Waals surface area contributed by atoms with E-state index in [2.05, 4.69) is 28.4 Å². The Morgan fingerprint density at radius 2 is 1.71 bits per heavy atom. The van der Waals surface area contributed by atoms with Gasteiger partial charge >= 0.3 is 0 Å². The lowest BCUT2D eigenvalue weighted by atomic mass is 10.1. The van der Waals surface area contributed by atoms with E-state index in [1.165, 1.54) is 11.3 Å². The first-order chi connectivity index (χ1) is 15.3. The fourth-order valence-corrected chi connectivity index (χ4v) is 4.55. The molecule has 160 valence electrons. The third kappa shape index (κ3) is 4.27. The molecule has 0 unspecified atom stereocenters. The third-order valence-corrected chi connectivity index (χ3v) is 6.20. The molecule has 5 rings (SSSR count). The molecule has 0 bridgehead atoms. The molecule has 1 amide bonds. The number of morpholine rings is 1. The van der Waals surface area contributed by atoms with Crippen molar-refractivity contribution >= 4 is 5.91 Å². The Balaban J connectivity index is 1.32. The highest BCUT2D eigenvalue weighted by molar-refractivity contribution is 5.94. The Labute approximate surface area is 182 Å². The first-order valence-electron chi connectivity index (χ1n) is 11.1. The van der Waals surface area contributed by atoms with Crippen molar-refractivity contribution < 1.29 is 9.53 Å². The number of amides is 1. The van der Waals surface area contributed by atoms with Gasteiger partial charge in [0.1, 0.15) is 0 Å². The van der Waals surface area contributed by atoms with Crippen molar-refractivity contribution in [3.05, 3.63) is 82.7 Å². The molecule has 1 aromatic heterocycles. The lowest BCUT2D eigenvalue weighted by Gasteiger charge is -2.27. The first-order valence-corrected chi connectivity index (χ1v) is 11.1. The van der Waals surface area contributed by atoms with Crippen molar-refractivity contribution in [2.24, 2.45) is 0 Å². The van der Waals surface area contributed by atoms with Gasteiger partial charge in [-0.2, -0.15) is 5.10 Å². The van der Waals surface area contributed by atoms with Crippen LogP contribution in [0.4, 0.5) is 0 Å². The third-order valence-electron chi connectivity index (χ3n) is 6.20. The van der Waals surface area contributed by atoms with Gasteiger partial charge in [-0.25, -0.2) is 4.68 Å². The Kier molecular flexibility index (Phi) is 5.82. The number of hydrogen-bond acceptors (Lipinski definition) is 4. The molecule has 6 nitrogen and oxygen atoms in total. The Bertz CT molecular complexity index is 1050. The maximum Gasteiger partial charge on any atom is 0.272 e. The summed E-state index contributed by atoms with van der Waals surface area (Å²) in [4.78, 5) is 15.5. The SMILES string of the molecule is O=C(NCc1ccccc1CN1CCOCC1)c1nn(-c2ccccc2)c2c1CCC2. The van der Waals surface area contributed by atoms with Crippen LogP contribution < -0.4 is 5.32 Å². The summed E-state index contributed by atoms with van der Waals surface area (Å²) in [6.45, 7) is 4.86. The summed E-state index contributed by atoms with van der Waals surface area (Å²) >= 11 is 0. The number of hydrogen-bond donors (Lipinski definition) is 1. The Hall–Kier alpha value is -2.96. The van der Waals surface area contributed by atoms with E-state index in [9.17, 15) is 4.79 Å². The van der Waals surface area contributed by atoms with E-state index < -0.39 is 0 Å². The molecule has 6 heteroatoms. The quantitative estimate of drug-likeness (QED) is 0.671. The lowest BCUT2D eigenvalue weighted by Crippen LogP contribution is -2.36. The number of ether oxygens (including phenoxy) is 1. The topological polar surface area (TPSA) is 59.4 Å². The maximum atomic E-state index is 13.1. The minimum Gasteiger partial charge on any atom is -0.379 e. The average molecular weight is 417 g/mol. The average Bonchev–Trinajstić information content (AvgIpc) is 3.43. The summed E-state index contributed by atoms with van der Waals surface area (Å²) in [5.41, 5.74) is 6.26. The number of para-hydroxylation sites is 1. The second-order valence-corrected chi connectivity index (χ2v) is 8.21. The predicted molar refractivity (Wildman–Crippen MR) is 119 cm³/mol. The van der Waals surface area contributed by atoms with Crippen molar-refractivity contribution in [1.29, 1.82) is 0 Å². The normalized spacial score (nSPS) is 16.3. The van der Waals surface area contributed by atoms with E-state index in [1.807, 2.05) is 41.1 Å². The number of benzene rings is 2. The van der Waals surface area contributed by atoms with Gasteiger partial charge in [0.25, 0.3) is 5.91 Å². The highest BCUT2D eigenvalue weighted by atomic mass is 16.5. The minimum absolute atomic E-state index is 0.0889. The van der Waals surface area contributed by atoms with Gasteiger partial charge in [-0.15, -0.1) is 0 Å². The van der Waals surface area contributed by atoms with Crippen molar-refractivity contribution in [2.75, 3.05) is 26.3 Å². The number of rotatable bonds is 6. The number of nitrogens with zero attached hydrogens (tertiary/aromatic N) is 3. The van der Waals surface area contributed by atoms with Gasteiger partial charge in [0.05, 0.1) is 18.9 Å². The van der Waals surface area contributed by atoms with Crippen LogP contribution in [0.3, 0.4) is 0 Å². The molecule has 1 saturated heterocycles. The van der Waals surface area contributed by atoms with Crippen molar-refractivity contribution in [1.82, 2.24) is 20.0 Å². The number of aromatic nitrogens is 2. The van der Waals surface area contributed by atoms with Crippen LogP contribution >= 0.6 is 0 Å². The largest absolute Gasteiger partial charge is 0.379 e. The first kappa shape index (κ1) is 20.0. The Morgan fingerprint density at radius 1 is 0.968 bits per heavy atom. The molecule has 1 aliphatic heterocycles. The molecule has 31 heavy (non-hydrogen) atoms. The van der Waals surface area contributed by atoms with Crippen LogP contribution in [0.25, 0.3) is 5.69 Å². The zero-order chi connectivity index (χ0) is 21.0. The van der Waals surface area contributed by atoms with Crippen LogP contribution in [0.1, 0.15) is 39.3 Å². The smallest absolute Gasteiger partial charge is 0.272 e. The minimum atomic E-state index is -0.0889. The van der Waals surface area contributed by atoms with Gasteiger partial charge in [0.2, 0.25) is 0 Å². The molecule has 0 saturated carbocycles. The highest BCUT2D eigenvalue weighted by Crippen LogP contribution is 2.28. The molecule has 0 atom stereocenters. The summed E-state index contributed by atoms with van der Waals surface area (Å²) in [6, 6.07) is 18.4. The molecule has 2 aromatic carbocycles. The Morgan fingerprint density at radius 3 is 2.52 bits per heavy atom. The number of nitrogens with one attached hydrogen (secondary N) is 1. The van der Waals surface area contributed by atoms with E-state index in [0.29, 0.717) is 12.2 Å². The van der Waals surface area contributed by atoms with Crippen LogP contribution in [0, 0.1) is 0 Å². The standard InChI is InChI=1S/C25H28N4O2/c30-25(24-22-11-6-12-23(22)29(27-24)21-9-2-1-3-10-21)26-17-19-7-4-5-8-20(19)18-28-13-15-31-16-14-28/h1-5,7-10H,6,11-18H2,(H,26,30). The summed E-state index contributed by atoms with van der Waals surface area (Å²) in [5.74, 6) is -0.0889. The van der Waals surface area contributed by atoms with Gasteiger partial charge in [-0.3, -0.25) is 9.69 Å². The van der Waals surface area contributed by atoms with Crippen LogP contribution in [0.2, 0.25) is 0 Å². The zero-order valence-corrected chi connectivity index (χ0v) is 17.7. The molecule has 1 fully saturated rings. The van der Waals surface area contributed by atoms with Gasteiger partial charge in [0, 0.05) is 37.4 Å². The highest BCUT2D eigenvalue weighted by Gasteiger charge is 2.27. The maximum absolute atomic E-state index is 13.1. The van der Waals surface area contributed by atoms with Gasteiger partial charge < -0.3 is 10.1 Å². The van der Waals surface area contributed by atoms with Gasteiger partial charge in [-0.05, 0) is 42.5 Å². The number of fused-ring (bicyclic) bond motifs is 1. The summed E-state index contributed by atoms with van der Waals surface area (Å²) in [6.07, 6.45) is 2.95. The molecule has 0 radical (unpaired) electrons. The van der Waals surface area contributed by atoms with Crippen molar-refractivity contribution in [2.45, 2.75) is 32.4 Å². The monoisotopic (exact) mass is 416 g/mol. The van der Waals surface area contributed by atoms with E-state index >= 15 is 0 Å². The molecular formula is C25H28N4O2. The lowest BCUT2D eigenvalue weighted by molar-refractivity contribution is 0.0340. The predicted octanol–water partition coefficient (Wildman–Crippen LogP) is 3.12. The van der Waals surface area contributed by atoms with E-state index in [0.717, 1.165) is 68.9 Å². The molecule has 1 aliphatic carbocycles. The van der Waals surface area contributed by atoms with E-state index in [4.69, 9.17) is 9.84 Å². The zero-order valence-electron chi connectivity index (χ0n) is 17.7. The van der Waals surface area contributed by atoms with Gasteiger partial charge in [-0.1, -0.05) is 42.5 Å². The summed E-state index contributed by atoms with van der Waals surface area (Å²) in [5, 5.41) is 7.84. The number of carbonyl (C=O) groups excluding carboxylic acids is 1. The molecule has 3 aromatic rings. The molecular weight excluding hydrogens is 388 g/mol. The van der Waals surface area contributed by atoms with Crippen molar-refractivity contribution in [3.8, 4) is 5.69 Å². The summed E-state index contributed by atoms with van der Waals surface area (Å²) < 4.78 is 7.41. The van der Waals surface area contributed by atoms with Crippen molar-refractivity contribution in [3.63, 3.8) is 0 Å². The second kappa shape index (κ2) is 9.04. The fraction of sp³-hybridized carbons (Fsp3) is 0.360. The molecule has 0 spiro atoms. The van der Waals surface area contributed by atoms with Crippen LogP contribution in [0.5, 0.6) is 0 Å². The fourth-order valence-electron chi connectivity index (χ4n) is 4.55. The van der Waals surface area contributed by atoms with E-state index in [-0.39, 0.29) is 5.91 Å².